The number of nitrogens with zero attached hydrogens (tertiary/aromatic N) is 1. The van der Waals surface area contributed by atoms with E-state index in [0.29, 0.717) is 5.69 Å². The van der Waals surface area contributed by atoms with Gasteiger partial charge in [0.1, 0.15) is 5.76 Å². The maximum absolute atomic E-state index is 12.5. The van der Waals surface area contributed by atoms with E-state index in [1.54, 1.807) is 11.3 Å². The average Bonchev–Trinajstić information content (AvgIpc) is 3.19. The Morgan fingerprint density at radius 2 is 2.17 bits per heavy atom. The molecule has 0 saturated heterocycles. The third kappa shape index (κ3) is 2.84. The summed E-state index contributed by atoms with van der Waals surface area (Å²) in [6.45, 7) is 2.04. The van der Waals surface area contributed by atoms with Crippen LogP contribution in [0.3, 0.4) is 0 Å². The molecule has 4 nitrogen and oxygen atoms in total. The maximum atomic E-state index is 12.5. The second kappa shape index (κ2) is 6.40. The van der Waals surface area contributed by atoms with Gasteiger partial charge in [-0.15, -0.1) is 11.3 Å². The van der Waals surface area contributed by atoms with Crippen molar-refractivity contribution >= 4 is 27.3 Å². The molecule has 1 aromatic carbocycles. The molecular formula is C19H20N2O2S. The second-order valence-electron chi connectivity index (χ2n) is 6.48. The summed E-state index contributed by atoms with van der Waals surface area (Å²) in [6, 6.07) is 8.44. The molecule has 0 spiro atoms. The van der Waals surface area contributed by atoms with Crippen LogP contribution in [0.25, 0.3) is 10.1 Å². The van der Waals surface area contributed by atoms with Gasteiger partial charge in [-0.25, -0.2) is 0 Å². The molecule has 1 aliphatic rings. The van der Waals surface area contributed by atoms with Crippen molar-refractivity contribution in [3.8, 4) is 0 Å². The lowest BCUT2D eigenvalue weighted by molar-refractivity contribution is 0.0930. The molecule has 3 aromatic rings. The molecule has 0 bridgehead atoms. The Morgan fingerprint density at radius 3 is 3.08 bits per heavy atom. The van der Waals surface area contributed by atoms with E-state index in [-0.39, 0.29) is 11.9 Å². The Morgan fingerprint density at radius 1 is 1.33 bits per heavy atom. The first-order valence-electron chi connectivity index (χ1n) is 8.46. The number of rotatable bonds is 4. The van der Waals surface area contributed by atoms with Crippen LogP contribution in [-0.4, -0.2) is 17.1 Å². The van der Waals surface area contributed by atoms with Crippen molar-refractivity contribution in [3.63, 3.8) is 0 Å². The Kier molecular flexibility index (Phi) is 4.10. The third-order valence-electron chi connectivity index (χ3n) is 4.63. The molecule has 0 radical (unpaired) electrons. The zero-order chi connectivity index (χ0) is 16.5. The van der Waals surface area contributed by atoms with Crippen molar-refractivity contribution in [3.05, 3.63) is 52.2 Å². The second-order valence-corrected chi connectivity index (χ2v) is 7.39. The van der Waals surface area contributed by atoms with E-state index in [9.17, 15) is 4.79 Å². The van der Waals surface area contributed by atoms with Gasteiger partial charge in [-0.05, 0) is 55.0 Å². The topological polar surface area (TPSA) is 55.1 Å². The minimum atomic E-state index is -0.117. The van der Waals surface area contributed by atoms with Gasteiger partial charge in [0.25, 0.3) is 5.91 Å². The summed E-state index contributed by atoms with van der Waals surface area (Å²) in [5.74, 6) is 0.775. The predicted octanol–water partition coefficient (Wildman–Crippen LogP) is 4.13. The molecule has 4 rings (SSSR count). The van der Waals surface area contributed by atoms with Gasteiger partial charge in [-0.1, -0.05) is 23.4 Å². The number of hydrogen-bond donors (Lipinski definition) is 1. The van der Waals surface area contributed by atoms with Gasteiger partial charge in [-0.3, -0.25) is 4.79 Å². The number of thiophene rings is 1. The van der Waals surface area contributed by atoms with Crippen molar-refractivity contribution in [2.75, 3.05) is 0 Å². The zero-order valence-corrected chi connectivity index (χ0v) is 14.5. The number of aryl methyl sites for hydroxylation is 1. The molecular weight excluding hydrogens is 320 g/mol. The number of carbonyl (C=O) groups excluding carboxylic acids is 1. The molecule has 24 heavy (non-hydrogen) atoms. The molecule has 2 heterocycles. The maximum Gasteiger partial charge on any atom is 0.273 e. The fourth-order valence-corrected chi connectivity index (χ4v) is 4.40. The Labute approximate surface area is 144 Å². The van der Waals surface area contributed by atoms with Gasteiger partial charge in [0.05, 0.1) is 0 Å². The SMILES string of the molecule is C[C@@H](Cc1csc2ccccc12)NC(=O)c1noc2c1CCCC2. The summed E-state index contributed by atoms with van der Waals surface area (Å²) in [5.41, 5.74) is 2.77. The highest BCUT2D eigenvalue weighted by molar-refractivity contribution is 7.17. The third-order valence-corrected chi connectivity index (χ3v) is 5.64. The lowest BCUT2D eigenvalue weighted by Crippen LogP contribution is -2.34. The number of fused-ring (bicyclic) bond motifs is 2. The highest BCUT2D eigenvalue weighted by Crippen LogP contribution is 2.27. The highest BCUT2D eigenvalue weighted by Gasteiger charge is 2.24. The van der Waals surface area contributed by atoms with Crippen LogP contribution in [0.2, 0.25) is 0 Å². The van der Waals surface area contributed by atoms with Crippen molar-refractivity contribution in [2.45, 2.75) is 45.1 Å². The van der Waals surface area contributed by atoms with Crippen LogP contribution in [-0.2, 0) is 19.3 Å². The van der Waals surface area contributed by atoms with Gasteiger partial charge in [0.2, 0.25) is 0 Å². The van der Waals surface area contributed by atoms with Gasteiger partial charge in [-0.2, -0.15) is 0 Å². The van der Waals surface area contributed by atoms with E-state index in [4.69, 9.17) is 4.52 Å². The largest absolute Gasteiger partial charge is 0.360 e. The molecule has 1 aliphatic carbocycles. The molecule has 0 aliphatic heterocycles. The van der Waals surface area contributed by atoms with E-state index in [1.807, 2.05) is 6.92 Å². The summed E-state index contributed by atoms with van der Waals surface area (Å²) in [7, 11) is 0. The van der Waals surface area contributed by atoms with Gasteiger partial charge in [0.15, 0.2) is 5.69 Å². The molecule has 0 unspecified atom stereocenters. The standard InChI is InChI=1S/C19H20N2O2S/c1-12(10-13-11-24-17-9-5-3-6-14(13)17)20-19(22)18-15-7-2-4-8-16(15)23-21-18/h3,5-6,9,11-12H,2,4,7-8,10H2,1H3,(H,20,22)/t12-/m0/s1. The van der Waals surface area contributed by atoms with E-state index >= 15 is 0 Å². The summed E-state index contributed by atoms with van der Waals surface area (Å²) in [4.78, 5) is 12.5. The molecule has 1 amide bonds. The van der Waals surface area contributed by atoms with Crippen LogP contribution >= 0.6 is 11.3 Å². The fraction of sp³-hybridized carbons (Fsp3) is 0.368. The molecule has 5 heteroatoms. The highest BCUT2D eigenvalue weighted by atomic mass is 32.1. The summed E-state index contributed by atoms with van der Waals surface area (Å²) in [5, 5.41) is 10.6. The number of aromatic nitrogens is 1. The molecule has 0 saturated carbocycles. The molecule has 1 atom stereocenters. The number of nitrogens with one attached hydrogen (secondary N) is 1. The van der Waals surface area contributed by atoms with Crippen LogP contribution in [0.1, 0.15) is 47.1 Å². The number of benzene rings is 1. The monoisotopic (exact) mass is 340 g/mol. The first-order valence-corrected chi connectivity index (χ1v) is 9.33. The number of hydrogen-bond acceptors (Lipinski definition) is 4. The van der Waals surface area contributed by atoms with Crippen molar-refractivity contribution in [1.29, 1.82) is 0 Å². The summed E-state index contributed by atoms with van der Waals surface area (Å²) in [6.07, 6.45) is 4.82. The van der Waals surface area contributed by atoms with Crippen LogP contribution in [0.5, 0.6) is 0 Å². The van der Waals surface area contributed by atoms with Crippen LogP contribution in [0.4, 0.5) is 0 Å². The minimum absolute atomic E-state index is 0.0476. The minimum Gasteiger partial charge on any atom is -0.360 e. The van der Waals surface area contributed by atoms with E-state index in [0.717, 1.165) is 43.4 Å². The van der Waals surface area contributed by atoms with E-state index in [1.165, 1.54) is 15.6 Å². The Hall–Kier alpha value is -2.14. The van der Waals surface area contributed by atoms with E-state index < -0.39 is 0 Å². The van der Waals surface area contributed by atoms with Gasteiger partial charge < -0.3 is 9.84 Å². The first-order chi connectivity index (χ1) is 11.7. The van der Waals surface area contributed by atoms with Gasteiger partial charge in [0, 0.05) is 22.7 Å². The van der Waals surface area contributed by atoms with Crippen LogP contribution in [0, 0.1) is 0 Å². The average molecular weight is 340 g/mol. The molecule has 0 fully saturated rings. The quantitative estimate of drug-likeness (QED) is 0.777. The zero-order valence-electron chi connectivity index (χ0n) is 13.7. The lowest BCUT2D eigenvalue weighted by atomic mass is 9.96. The van der Waals surface area contributed by atoms with Crippen LogP contribution < -0.4 is 5.32 Å². The molecule has 124 valence electrons. The predicted molar refractivity (Wildman–Crippen MR) is 95.6 cm³/mol. The normalized spacial score (nSPS) is 15.2. The van der Waals surface area contributed by atoms with Crippen molar-refractivity contribution in [2.24, 2.45) is 0 Å². The Bertz CT molecular complexity index is 881. The summed E-state index contributed by atoms with van der Waals surface area (Å²) < 4.78 is 6.63. The first kappa shape index (κ1) is 15.4. The number of amides is 1. The lowest BCUT2D eigenvalue weighted by Gasteiger charge is -2.14. The Balaban J connectivity index is 1.47. The molecule has 1 N–H and O–H groups in total. The number of carbonyl (C=O) groups is 1. The van der Waals surface area contributed by atoms with Crippen molar-refractivity contribution < 1.29 is 9.32 Å². The summed E-state index contributed by atoms with van der Waals surface area (Å²) >= 11 is 1.75. The van der Waals surface area contributed by atoms with Crippen LogP contribution in [0.15, 0.2) is 34.2 Å². The van der Waals surface area contributed by atoms with E-state index in [2.05, 4.69) is 40.1 Å². The van der Waals surface area contributed by atoms with Crippen molar-refractivity contribution in [1.82, 2.24) is 10.5 Å². The smallest absolute Gasteiger partial charge is 0.273 e. The fourth-order valence-electron chi connectivity index (χ4n) is 3.43. The van der Waals surface area contributed by atoms with Gasteiger partial charge >= 0.3 is 0 Å². The molecule has 2 aromatic heterocycles.